The molecule has 0 fully saturated rings. The molecule has 466 valence electrons. The molecule has 2 amide bonds. The molecule has 0 spiro atoms. The molecule has 8 rings (SSSR count). The van der Waals surface area contributed by atoms with Crippen molar-refractivity contribution in [3.05, 3.63) is 152 Å². The lowest BCUT2D eigenvalue weighted by atomic mass is 9.90. The summed E-state index contributed by atoms with van der Waals surface area (Å²) in [5.41, 5.74) is 4.46. The Hall–Kier alpha value is -8.26. The average Bonchev–Trinajstić information content (AvgIpc) is 1.04. The number of carboxylic acid groups (broad SMARTS) is 2. The fraction of sp³-hybridized carbons (Fsp3) is 0.432. The smallest absolute Gasteiger partial charge is 0.336 e. The van der Waals surface area contributed by atoms with Crippen molar-refractivity contribution in [2.45, 2.75) is 206 Å². The molecule has 88 heavy (non-hydrogen) atoms. The predicted octanol–water partition coefficient (Wildman–Crippen LogP) is 16.6. The minimum Gasteiger partial charge on any atom is -0.872 e. The summed E-state index contributed by atoms with van der Waals surface area (Å²) in [5.74, 6) is -2.39. The summed E-state index contributed by atoms with van der Waals surface area (Å²) >= 11 is 0. The van der Waals surface area contributed by atoms with E-state index >= 15 is 0 Å². The van der Waals surface area contributed by atoms with Gasteiger partial charge in [0, 0.05) is 71.1 Å². The van der Waals surface area contributed by atoms with Gasteiger partial charge >= 0.3 is 11.9 Å². The number of hydrogen-bond donors (Lipinski definition) is 4. The topological polar surface area (TPSA) is 239 Å². The van der Waals surface area contributed by atoms with Crippen LogP contribution in [0.5, 0.6) is 11.5 Å². The van der Waals surface area contributed by atoms with Gasteiger partial charge in [-0.2, -0.15) is 0 Å². The van der Waals surface area contributed by atoms with E-state index in [0.29, 0.717) is 68.1 Å². The molecule has 2 heterocycles. The molecule has 4 aliphatic rings. The molecule has 14 heteroatoms. The first-order valence-electron chi connectivity index (χ1n) is 32.4. The van der Waals surface area contributed by atoms with Crippen LogP contribution in [-0.4, -0.2) is 34.0 Å². The van der Waals surface area contributed by atoms with E-state index in [4.69, 9.17) is 8.83 Å². The van der Waals surface area contributed by atoms with E-state index in [1.165, 1.54) is 190 Å². The standard InChI is InChI=1S/C74H88N2O12/c77-53-33-39-59-65(45-53)87-66-46-54(78)34-40-60(66)71(59)57-37-31-51(43-63(57)73(83)84)49-75-69(81)29-27-25-23-21-19-17-15-13-11-9-7-5-3-1-2-4-6-8-10-12-14-16-18-20-22-24-26-28-30-70(82)76-50-52-32-38-58(64(44-52)74(85)86)72-61-41-35-55(79)47-67(61)88-68-48-56(80)36-42-62(68)72/h31-48,77,79H,1-30,49-50H2,(H,75,81)(H,76,82)(H,83,84)(H,85,86)/p-2. The number of benzene rings is 6. The Morgan fingerprint density at radius 3 is 0.955 bits per heavy atom. The van der Waals surface area contributed by atoms with Crippen molar-refractivity contribution >= 4 is 45.7 Å². The van der Waals surface area contributed by atoms with Crippen molar-refractivity contribution in [2.75, 3.05) is 0 Å². The van der Waals surface area contributed by atoms with E-state index in [-0.39, 0.29) is 81.1 Å². The van der Waals surface area contributed by atoms with E-state index in [2.05, 4.69) is 10.6 Å². The number of hydrogen-bond acceptors (Lipinski definition) is 10. The van der Waals surface area contributed by atoms with Gasteiger partial charge in [0.2, 0.25) is 11.8 Å². The summed E-state index contributed by atoms with van der Waals surface area (Å²) in [6.45, 7) is 0.410. The summed E-state index contributed by atoms with van der Waals surface area (Å²) in [7, 11) is 0. The van der Waals surface area contributed by atoms with Crippen LogP contribution in [0.3, 0.4) is 0 Å². The van der Waals surface area contributed by atoms with Gasteiger partial charge in [0.05, 0.1) is 11.1 Å². The number of unbranched alkanes of at least 4 members (excludes halogenated alkanes) is 27. The molecule has 4 aromatic carbocycles. The van der Waals surface area contributed by atoms with Gasteiger partial charge in [0.15, 0.2) is 10.9 Å². The SMILES string of the molecule is O=C(CCCCCCCCCCCCCCCCCCCCCCCCCCCCCCC(=O)NCc1ccc(-c2c3ccc(=O)cc-3oc3cc([O-])ccc23)c(C(=O)O)c1)NCc1ccc(-c2c3ccc(=O)cc-3oc3cc([O-])ccc23)c(C(=O)O)c1. The van der Waals surface area contributed by atoms with Crippen LogP contribution in [0.15, 0.2) is 128 Å². The molecule has 4 aromatic rings. The second-order valence-electron chi connectivity index (χ2n) is 23.9. The molecule has 0 saturated carbocycles. The highest BCUT2D eigenvalue weighted by atomic mass is 16.4. The summed E-state index contributed by atoms with van der Waals surface area (Å²) in [5, 5.41) is 51.8. The molecular formula is C74H86N2O12-2. The van der Waals surface area contributed by atoms with Gasteiger partial charge in [-0.1, -0.05) is 215 Å². The minimum absolute atomic E-state index is 0.0434. The molecule has 0 bridgehead atoms. The van der Waals surface area contributed by atoms with Crippen LogP contribution in [0.25, 0.3) is 66.8 Å². The Kier molecular flexibility index (Phi) is 25.6. The van der Waals surface area contributed by atoms with Crippen LogP contribution in [0.4, 0.5) is 0 Å². The minimum atomic E-state index is -1.13. The number of aromatic carboxylic acids is 2. The zero-order valence-electron chi connectivity index (χ0n) is 51.0. The summed E-state index contributed by atoms with van der Waals surface area (Å²) < 4.78 is 11.8. The largest absolute Gasteiger partial charge is 0.872 e. The number of fused-ring (bicyclic) bond motifs is 4. The first-order valence-corrected chi connectivity index (χ1v) is 32.4. The molecule has 0 radical (unpaired) electrons. The Morgan fingerprint density at radius 2 is 0.648 bits per heavy atom. The number of rotatable bonds is 39. The van der Waals surface area contributed by atoms with E-state index in [1.807, 2.05) is 0 Å². The molecule has 0 saturated heterocycles. The van der Waals surface area contributed by atoms with E-state index in [9.17, 15) is 49.2 Å². The third kappa shape index (κ3) is 19.6. The first-order chi connectivity index (χ1) is 42.8. The van der Waals surface area contributed by atoms with Gasteiger partial charge in [0.1, 0.15) is 22.7 Å². The van der Waals surface area contributed by atoms with Gasteiger partial charge in [-0.15, -0.1) is 11.5 Å². The monoisotopic (exact) mass is 1190 g/mol. The lowest BCUT2D eigenvalue weighted by molar-refractivity contribution is -0.268. The Bertz CT molecular complexity index is 3420. The zero-order chi connectivity index (χ0) is 62.0. The fourth-order valence-electron chi connectivity index (χ4n) is 12.2. The molecule has 4 N–H and O–H groups in total. The highest BCUT2D eigenvalue weighted by molar-refractivity contribution is 6.09. The van der Waals surface area contributed by atoms with Gasteiger partial charge in [-0.05, 0) is 83.6 Å². The molecule has 2 aliphatic heterocycles. The van der Waals surface area contributed by atoms with Crippen molar-refractivity contribution in [1.82, 2.24) is 10.6 Å². The molecule has 14 nitrogen and oxygen atoms in total. The number of carbonyl (C=O) groups is 4. The van der Waals surface area contributed by atoms with Gasteiger partial charge < -0.3 is 39.9 Å². The number of carboxylic acids is 2. The van der Waals surface area contributed by atoms with Gasteiger partial charge in [0.25, 0.3) is 0 Å². The fourth-order valence-corrected chi connectivity index (χ4v) is 12.2. The third-order valence-electron chi connectivity index (χ3n) is 17.0. The number of amides is 2. The van der Waals surface area contributed by atoms with Crippen LogP contribution < -0.4 is 31.7 Å². The molecule has 0 unspecified atom stereocenters. The highest BCUT2D eigenvalue weighted by Crippen LogP contribution is 2.44. The lowest BCUT2D eigenvalue weighted by Crippen LogP contribution is -2.22. The Morgan fingerprint density at radius 1 is 0.352 bits per heavy atom. The normalized spacial score (nSPS) is 11.5. The highest BCUT2D eigenvalue weighted by Gasteiger charge is 2.24. The van der Waals surface area contributed by atoms with Crippen LogP contribution >= 0.6 is 0 Å². The molecule has 0 atom stereocenters. The number of nitrogens with one attached hydrogen (secondary N) is 2. The maximum absolute atomic E-state index is 12.7. The lowest BCUT2D eigenvalue weighted by Gasteiger charge is -2.18. The Labute approximate surface area is 516 Å². The third-order valence-corrected chi connectivity index (χ3v) is 17.0. The van der Waals surface area contributed by atoms with Crippen LogP contribution in [-0.2, 0) is 22.7 Å². The average molecular weight is 1200 g/mol. The maximum atomic E-state index is 12.7. The summed E-state index contributed by atoms with van der Waals surface area (Å²) in [6.07, 6.45) is 35.7. The van der Waals surface area contributed by atoms with Crippen LogP contribution in [0, 0.1) is 0 Å². The van der Waals surface area contributed by atoms with Crippen molar-refractivity contribution in [1.29, 1.82) is 0 Å². The van der Waals surface area contributed by atoms with Gasteiger partial charge in [-0.25, -0.2) is 9.59 Å². The van der Waals surface area contributed by atoms with E-state index < -0.39 is 11.9 Å². The quantitative estimate of drug-likeness (QED) is 0.0208. The van der Waals surface area contributed by atoms with E-state index in [1.54, 1.807) is 60.7 Å². The Balaban J connectivity index is 0.554. The van der Waals surface area contributed by atoms with Crippen LogP contribution in [0.2, 0.25) is 0 Å². The van der Waals surface area contributed by atoms with Crippen molar-refractivity contribution in [3.63, 3.8) is 0 Å². The zero-order valence-corrected chi connectivity index (χ0v) is 51.0. The molecule has 0 aromatic heterocycles. The maximum Gasteiger partial charge on any atom is 0.336 e. The van der Waals surface area contributed by atoms with Crippen molar-refractivity contribution in [3.8, 4) is 56.4 Å². The van der Waals surface area contributed by atoms with Crippen LogP contribution in [0.1, 0.15) is 224 Å². The van der Waals surface area contributed by atoms with Gasteiger partial charge in [-0.3, -0.25) is 19.2 Å². The second-order valence-corrected chi connectivity index (χ2v) is 23.9. The molecule has 2 aliphatic carbocycles. The number of carbonyl (C=O) groups excluding carboxylic acids is 2. The second kappa shape index (κ2) is 34.3. The van der Waals surface area contributed by atoms with E-state index in [0.717, 1.165) is 38.5 Å². The summed E-state index contributed by atoms with van der Waals surface area (Å²) in [6, 6.07) is 27.5. The summed E-state index contributed by atoms with van der Waals surface area (Å²) in [4.78, 5) is 74.8. The van der Waals surface area contributed by atoms with Crippen molar-refractivity contribution < 1.29 is 48.4 Å². The predicted molar refractivity (Wildman–Crippen MR) is 344 cm³/mol. The van der Waals surface area contributed by atoms with Crippen molar-refractivity contribution in [2.24, 2.45) is 0 Å². The molecular weight excluding hydrogens is 1110 g/mol. The first kappa shape index (κ1) is 65.7.